The van der Waals surface area contributed by atoms with Crippen LogP contribution < -0.4 is 15.5 Å². The van der Waals surface area contributed by atoms with Crippen molar-refractivity contribution in [1.82, 2.24) is 19.8 Å². The molecule has 3 N–H and O–H groups in total. The van der Waals surface area contributed by atoms with Crippen LogP contribution in [0.3, 0.4) is 0 Å². The molecule has 10 nitrogen and oxygen atoms in total. The number of fused-ring (bicyclic) bond motifs is 1. The van der Waals surface area contributed by atoms with Crippen molar-refractivity contribution in [1.29, 1.82) is 0 Å². The monoisotopic (exact) mass is 602 g/mol. The minimum atomic E-state index is -0.191. The zero-order chi connectivity index (χ0) is 31.9. The van der Waals surface area contributed by atoms with Crippen molar-refractivity contribution in [2.75, 3.05) is 57.7 Å². The predicted octanol–water partition coefficient (Wildman–Crippen LogP) is 4.61. The predicted molar refractivity (Wildman–Crippen MR) is 178 cm³/mol. The van der Waals surface area contributed by atoms with E-state index in [4.69, 9.17) is 9.53 Å². The van der Waals surface area contributed by atoms with Crippen LogP contribution in [0.25, 0.3) is 10.9 Å². The molecule has 1 amide bonds. The number of methoxy groups -OCH3 is 1. The van der Waals surface area contributed by atoms with E-state index in [1.165, 1.54) is 10.9 Å². The van der Waals surface area contributed by atoms with Gasteiger partial charge in [0, 0.05) is 93.2 Å². The van der Waals surface area contributed by atoms with Gasteiger partial charge >= 0.3 is 0 Å². The van der Waals surface area contributed by atoms with Crippen LogP contribution >= 0.6 is 0 Å². The van der Waals surface area contributed by atoms with E-state index in [-0.39, 0.29) is 12.0 Å². The van der Waals surface area contributed by atoms with Crippen LogP contribution in [0, 0.1) is 0 Å². The Kier molecular flexibility index (Phi) is 14.0. The number of amides is 1. The standard InChI is InChI=1S/C31H37N5O3.C2H7N.CH2O/c1-34-16-11-25-20-26(8-9-29(25)34)36(15-3-19-39-2)27-10-14-32-30(21-27)33-31(38)24-6-4-23(5-7-24)22-35-17-12-28(37)13-18-35;1-3-2;1-2/h4-11,14,16,20-21,28,37H,3,12-13,15,17-19,22H2,1-2H3,(H,32,33,38);3H,1-2H3;1H2. The molecule has 2 aromatic heterocycles. The first kappa shape index (κ1) is 34.4. The van der Waals surface area contributed by atoms with Crippen molar-refractivity contribution in [3.63, 3.8) is 0 Å². The molecular weight excluding hydrogens is 556 g/mol. The molecule has 10 heteroatoms. The van der Waals surface area contributed by atoms with Gasteiger partial charge in [0.2, 0.25) is 0 Å². The largest absolute Gasteiger partial charge is 0.393 e. The van der Waals surface area contributed by atoms with E-state index < -0.39 is 0 Å². The van der Waals surface area contributed by atoms with Crippen LogP contribution in [0.1, 0.15) is 35.2 Å². The lowest BCUT2D eigenvalue weighted by molar-refractivity contribution is -0.0980. The van der Waals surface area contributed by atoms with Crippen LogP contribution in [0.5, 0.6) is 0 Å². The number of hydrogen-bond donors (Lipinski definition) is 3. The molecule has 0 radical (unpaired) electrons. The summed E-state index contributed by atoms with van der Waals surface area (Å²) in [5.74, 6) is 0.315. The lowest BCUT2D eigenvalue weighted by Crippen LogP contribution is -2.35. The van der Waals surface area contributed by atoms with Crippen LogP contribution in [0.4, 0.5) is 17.2 Å². The highest BCUT2D eigenvalue weighted by molar-refractivity contribution is 6.04. The number of ether oxygens (including phenoxy) is 1. The van der Waals surface area contributed by atoms with Crippen molar-refractivity contribution in [3.8, 4) is 0 Å². The highest BCUT2D eigenvalue weighted by Gasteiger charge is 2.17. The molecule has 44 heavy (non-hydrogen) atoms. The van der Waals surface area contributed by atoms with E-state index in [0.717, 1.165) is 62.4 Å². The molecule has 0 bridgehead atoms. The molecule has 0 atom stereocenters. The fourth-order valence-electron chi connectivity index (χ4n) is 5.15. The summed E-state index contributed by atoms with van der Waals surface area (Å²) in [6, 6.07) is 20.2. The lowest BCUT2D eigenvalue weighted by Gasteiger charge is -2.29. The van der Waals surface area contributed by atoms with E-state index in [9.17, 15) is 9.90 Å². The minimum Gasteiger partial charge on any atom is -0.393 e. The number of nitrogens with one attached hydrogen (secondary N) is 2. The zero-order valence-corrected chi connectivity index (χ0v) is 26.3. The number of rotatable bonds is 10. The maximum atomic E-state index is 13.0. The van der Waals surface area contributed by atoms with Gasteiger partial charge in [-0.1, -0.05) is 12.1 Å². The topological polar surface area (TPSA) is 112 Å². The van der Waals surface area contributed by atoms with Gasteiger partial charge < -0.3 is 34.7 Å². The molecular formula is C34H46N6O4. The van der Waals surface area contributed by atoms with Gasteiger partial charge in [-0.2, -0.15) is 0 Å². The first-order chi connectivity index (χ1) is 21.4. The fraction of sp³-hybridized carbons (Fsp3) is 0.382. The number of benzene rings is 2. The first-order valence-corrected chi connectivity index (χ1v) is 14.9. The Balaban J connectivity index is 0.000000997. The smallest absolute Gasteiger partial charge is 0.256 e. The molecule has 1 saturated heterocycles. The number of carbonyl (C=O) groups excluding carboxylic acids is 2. The molecule has 4 aromatic rings. The van der Waals surface area contributed by atoms with E-state index in [1.54, 1.807) is 13.3 Å². The second-order valence-electron chi connectivity index (χ2n) is 10.7. The Labute approximate surface area is 260 Å². The van der Waals surface area contributed by atoms with E-state index in [0.29, 0.717) is 18.0 Å². The van der Waals surface area contributed by atoms with Crippen molar-refractivity contribution < 1.29 is 19.4 Å². The molecule has 5 rings (SSSR count). The normalized spacial score (nSPS) is 13.4. The lowest BCUT2D eigenvalue weighted by atomic mass is 10.1. The van der Waals surface area contributed by atoms with Crippen molar-refractivity contribution >= 4 is 40.8 Å². The van der Waals surface area contributed by atoms with Gasteiger partial charge in [0.25, 0.3) is 5.91 Å². The van der Waals surface area contributed by atoms with Crippen molar-refractivity contribution in [2.45, 2.75) is 31.9 Å². The summed E-state index contributed by atoms with van der Waals surface area (Å²) < 4.78 is 7.42. The summed E-state index contributed by atoms with van der Waals surface area (Å²) in [5.41, 5.74) is 4.96. The maximum absolute atomic E-state index is 13.0. The van der Waals surface area contributed by atoms with E-state index in [2.05, 4.69) is 60.4 Å². The van der Waals surface area contributed by atoms with Gasteiger partial charge in [0.1, 0.15) is 12.6 Å². The maximum Gasteiger partial charge on any atom is 0.256 e. The Hall–Kier alpha value is -4.09. The summed E-state index contributed by atoms with van der Waals surface area (Å²) in [5, 5.41) is 16.6. The highest BCUT2D eigenvalue weighted by Crippen LogP contribution is 2.30. The number of nitrogens with zero attached hydrogens (tertiary/aromatic N) is 4. The quantitative estimate of drug-likeness (QED) is 0.226. The SMILES string of the molecule is C=O.CNC.COCCCN(c1ccnc(NC(=O)c2ccc(CN3CCC(O)CC3)cc2)c1)c1ccc2c(ccn2C)c1. The van der Waals surface area contributed by atoms with Crippen LogP contribution in [0.15, 0.2) is 73.1 Å². The molecule has 0 saturated carbocycles. The van der Waals surface area contributed by atoms with Gasteiger partial charge in [0.05, 0.1) is 6.10 Å². The molecule has 1 fully saturated rings. The minimum absolute atomic E-state index is 0.176. The number of pyridine rings is 1. The zero-order valence-electron chi connectivity index (χ0n) is 26.3. The molecule has 0 unspecified atom stereocenters. The molecule has 1 aliphatic rings. The number of aliphatic hydroxyl groups excluding tert-OH is 1. The number of aromatic nitrogens is 2. The Morgan fingerprint density at radius 1 is 1.05 bits per heavy atom. The average molecular weight is 603 g/mol. The molecule has 236 valence electrons. The van der Waals surface area contributed by atoms with Gasteiger partial charge in [-0.25, -0.2) is 4.98 Å². The van der Waals surface area contributed by atoms with Gasteiger partial charge in [0.15, 0.2) is 0 Å². The number of carbonyl (C=O) groups is 2. The van der Waals surface area contributed by atoms with Gasteiger partial charge in [-0.3, -0.25) is 9.69 Å². The molecule has 0 spiro atoms. The Morgan fingerprint density at radius 2 is 1.73 bits per heavy atom. The molecule has 2 aromatic carbocycles. The van der Waals surface area contributed by atoms with Gasteiger partial charge in [-0.05, 0) is 81.4 Å². The first-order valence-electron chi connectivity index (χ1n) is 14.9. The van der Waals surface area contributed by atoms with Crippen molar-refractivity contribution in [3.05, 3.63) is 84.2 Å². The van der Waals surface area contributed by atoms with Gasteiger partial charge in [-0.15, -0.1) is 0 Å². The molecule has 0 aliphatic carbocycles. The number of piperidine rings is 1. The summed E-state index contributed by atoms with van der Waals surface area (Å²) in [6.07, 6.45) is 6.11. The highest BCUT2D eigenvalue weighted by atomic mass is 16.5. The van der Waals surface area contributed by atoms with Crippen molar-refractivity contribution in [2.24, 2.45) is 7.05 Å². The van der Waals surface area contributed by atoms with E-state index >= 15 is 0 Å². The number of anilines is 3. The second-order valence-corrected chi connectivity index (χ2v) is 10.7. The summed E-state index contributed by atoms with van der Waals surface area (Å²) in [7, 11) is 7.51. The third-order valence-electron chi connectivity index (χ3n) is 7.39. The number of aryl methyl sites for hydroxylation is 1. The molecule has 1 aliphatic heterocycles. The third-order valence-corrected chi connectivity index (χ3v) is 7.39. The fourth-order valence-corrected chi connectivity index (χ4v) is 5.15. The average Bonchev–Trinajstić information content (AvgIpc) is 3.42. The number of aliphatic hydroxyl groups is 1. The Morgan fingerprint density at radius 3 is 2.41 bits per heavy atom. The van der Waals surface area contributed by atoms with Crippen LogP contribution in [-0.4, -0.2) is 85.8 Å². The van der Waals surface area contributed by atoms with E-state index in [1.807, 2.05) is 64.3 Å². The van der Waals surface area contributed by atoms with Crippen LogP contribution in [0.2, 0.25) is 0 Å². The Bertz CT molecular complexity index is 1430. The third kappa shape index (κ3) is 9.72. The summed E-state index contributed by atoms with van der Waals surface area (Å²) >= 11 is 0. The number of hydrogen-bond acceptors (Lipinski definition) is 8. The number of likely N-dealkylation sites (tertiary alicyclic amines) is 1. The van der Waals surface area contributed by atoms with Crippen LogP contribution in [-0.2, 0) is 23.1 Å². The molecule has 3 heterocycles. The summed E-state index contributed by atoms with van der Waals surface area (Å²) in [6.45, 7) is 6.04. The summed E-state index contributed by atoms with van der Waals surface area (Å²) in [4.78, 5) is 30.0. The second kappa shape index (κ2) is 17.9.